The largest absolute Gasteiger partial charge is 0.374 e. The van der Waals surface area contributed by atoms with E-state index in [1.807, 2.05) is 18.2 Å². The van der Waals surface area contributed by atoms with Crippen molar-refractivity contribution < 1.29 is 9.53 Å². The lowest BCUT2D eigenvalue weighted by molar-refractivity contribution is -0.0285. The molecule has 1 aromatic carbocycles. The van der Waals surface area contributed by atoms with Crippen molar-refractivity contribution in [3.63, 3.8) is 0 Å². The van der Waals surface area contributed by atoms with Gasteiger partial charge in [-0.2, -0.15) is 0 Å². The lowest BCUT2D eigenvalue weighted by Crippen LogP contribution is -2.47. The van der Waals surface area contributed by atoms with Crippen LogP contribution < -0.4 is 10.6 Å². The second-order valence-electron chi connectivity index (χ2n) is 5.29. The highest BCUT2D eigenvalue weighted by Gasteiger charge is 2.21. The van der Waals surface area contributed by atoms with Crippen LogP contribution in [0, 0.1) is 0 Å². The van der Waals surface area contributed by atoms with Gasteiger partial charge in [-0.1, -0.05) is 41.7 Å². The van der Waals surface area contributed by atoms with Crippen LogP contribution in [0.25, 0.3) is 0 Å². The van der Waals surface area contributed by atoms with Crippen molar-refractivity contribution in [1.29, 1.82) is 0 Å². The normalized spacial score (nSPS) is 18.5. The van der Waals surface area contributed by atoms with Crippen LogP contribution in [-0.2, 0) is 11.3 Å². The maximum absolute atomic E-state index is 11.8. The minimum Gasteiger partial charge on any atom is -0.374 e. The van der Waals surface area contributed by atoms with Gasteiger partial charge in [-0.25, -0.2) is 4.79 Å². The molecule has 2 heterocycles. The fraction of sp³-hybridized carbons (Fsp3) is 0.400. The Morgan fingerprint density at radius 2 is 2.26 bits per heavy atom. The first-order valence-corrected chi connectivity index (χ1v) is 8.36. The van der Waals surface area contributed by atoms with Gasteiger partial charge >= 0.3 is 6.03 Å². The van der Waals surface area contributed by atoms with Crippen LogP contribution >= 0.6 is 11.3 Å². The second-order valence-corrected chi connectivity index (χ2v) is 6.13. The highest BCUT2D eigenvalue weighted by Crippen LogP contribution is 2.10. The minimum atomic E-state index is -0.287. The number of hydrogen-bond donors (Lipinski definition) is 2. The second kappa shape index (κ2) is 8.00. The molecule has 8 heteroatoms. The Balaban J connectivity index is 1.42. The summed E-state index contributed by atoms with van der Waals surface area (Å²) < 4.78 is 5.72. The van der Waals surface area contributed by atoms with Crippen molar-refractivity contribution in [2.75, 3.05) is 31.6 Å². The SMILES string of the molecule is O=C(NC[C@@H]1CN(Cc2ccccc2)CCO1)Nc1nncs1. The Labute approximate surface area is 138 Å². The average Bonchev–Trinajstić information content (AvgIpc) is 3.07. The van der Waals surface area contributed by atoms with Crippen molar-refractivity contribution in [2.24, 2.45) is 0 Å². The number of carbonyl (C=O) groups is 1. The molecule has 1 aliphatic heterocycles. The molecule has 1 aliphatic rings. The lowest BCUT2D eigenvalue weighted by atomic mass is 10.2. The number of hydrogen-bond acceptors (Lipinski definition) is 6. The summed E-state index contributed by atoms with van der Waals surface area (Å²) in [5, 5.41) is 13.4. The number of urea groups is 1. The summed E-state index contributed by atoms with van der Waals surface area (Å²) in [4.78, 5) is 14.1. The van der Waals surface area contributed by atoms with Gasteiger partial charge in [-0.3, -0.25) is 10.2 Å². The highest BCUT2D eigenvalue weighted by atomic mass is 32.1. The average molecular weight is 333 g/mol. The Morgan fingerprint density at radius 3 is 3.04 bits per heavy atom. The first-order valence-electron chi connectivity index (χ1n) is 7.48. The predicted molar refractivity (Wildman–Crippen MR) is 88.4 cm³/mol. The highest BCUT2D eigenvalue weighted by molar-refractivity contribution is 7.13. The van der Waals surface area contributed by atoms with Crippen molar-refractivity contribution in [2.45, 2.75) is 12.6 Å². The van der Waals surface area contributed by atoms with Gasteiger partial charge in [0.2, 0.25) is 5.13 Å². The van der Waals surface area contributed by atoms with Gasteiger partial charge < -0.3 is 10.1 Å². The molecule has 0 unspecified atom stereocenters. The van der Waals surface area contributed by atoms with Gasteiger partial charge in [0.1, 0.15) is 5.51 Å². The zero-order valence-corrected chi connectivity index (χ0v) is 13.5. The number of aromatic nitrogens is 2. The summed E-state index contributed by atoms with van der Waals surface area (Å²) in [5.74, 6) is 0. The van der Waals surface area contributed by atoms with Crippen molar-refractivity contribution in [3.05, 3.63) is 41.4 Å². The van der Waals surface area contributed by atoms with Gasteiger partial charge in [-0.15, -0.1) is 10.2 Å². The molecule has 1 atom stereocenters. The maximum atomic E-state index is 11.8. The molecule has 2 aromatic rings. The molecule has 1 aromatic heterocycles. The first-order chi connectivity index (χ1) is 11.3. The Bertz CT molecular complexity index is 608. The van der Waals surface area contributed by atoms with Crippen molar-refractivity contribution >= 4 is 22.5 Å². The van der Waals surface area contributed by atoms with Crippen LogP contribution in [0.5, 0.6) is 0 Å². The number of ether oxygens (including phenoxy) is 1. The smallest absolute Gasteiger partial charge is 0.321 e. The van der Waals surface area contributed by atoms with Crippen LogP contribution in [0.3, 0.4) is 0 Å². The third-order valence-corrected chi connectivity index (χ3v) is 4.15. The zero-order valence-electron chi connectivity index (χ0n) is 12.6. The van der Waals surface area contributed by atoms with Gasteiger partial charge in [0.25, 0.3) is 0 Å². The van der Waals surface area contributed by atoms with Crippen LogP contribution in [0.2, 0.25) is 0 Å². The number of anilines is 1. The van der Waals surface area contributed by atoms with E-state index in [2.05, 4.69) is 37.9 Å². The molecule has 23 heavy (non-hydrogen) atoms. The number of amides is 2. The molecule has 3 rings (SSSR count). The summed E-state index contributed by atoms with van der Waals surface area (Å²) in [6.45, 7) is 3.75. The molecular weight excluding hydrogens is 314 g/mol. The molecule has 0 spiro atoms. The van der Waals surface area contributed by atoms with E-state index in [-0.39, 0.29) is 12.1 Å². The van der Waals surface area contributed by atoms with E-state index in [1.165, 1.54) is 16.9 Å². The fourth-order valence-electron chi connectivity index (χ4n) is 2.46. The van der Waals surface area contributed by atoms with Gasteiger partial charge in [0.15, 0.2) is 0 Å². The van der Waals surface area contributed by atoms with Crippen LogP contribution in [-0.4, -0.2) is 53.5 Å². The predicted octanol–water partition coefficient (Wildman–Crippen LogP) is 1.56. The van der Waals surface area contributed by atoms with Crippen molar-refractivity contribution in [1.82, 2.24) is 20.4 Å². The molecule has 0 aliphatic carbocycles. The summed E-state index contributed by atoms with van der Waals surface area (Å²) in [5.41, 5.74) is 2.86. The zero-order chi connectivity index (χ0) is 15.9. The van der Waals surface area contributed by atoms with Crippen LogP contribution in [0.1, 0.15) is 5.56 Å². The van der Waals surface area contributed by atoms with E-state index < -0.39 is 0 Å². The fourth-order valence-corrected chi connectivity index (χ4v) is 2.90. The molecule has 1 saturated heterocycles. The molecule has 2 N–H and O–H groups in total. The van der Waals surface area contributed by atoms with E-state index in [1.54, 1.807) is 5.51 Å². The Kier molecular flexibility index (Phi) is 5.51. The Hall–Kier alpha value is -2.03. The molecule has 122 valence electrons. The van der Waals surface area contributed by atoms with E-state index in [4.69, 9.17) is 4.74 Å². The molecule has 0 bridgehead atoms. The van der Waals surface area contributed by atoms with Crippen LogP contribution in [0.15, 0.2) is 35.8 Å². The number of benzene rings is 1. The third kappa shape index (κ3) is 4.98. The quantitative estimate of drug-likeness (QED) is 0.868. The van der Waals surface area contributed by atoms with E-state index in [0.717, 1.165) is 19.6 Å². The van der Waals surface area contributed by atoms with Gasteiger partial charge in [0, 0.05) is 26.2 Å². The molecular formula is C15H19N5O2S. The number of nitrogens with one attached hydrogen (secondary N) is 2. The first kappa shape index (κ1) is 15.9. The molecule has 1 fully saturated rings. The van der Waals surface area contributed by atoms with E-state index >= 15 is 0 Å². The van der Waals surface area contributed by atoms with E-state index in [9.17, 15) is 4.79 Å². The monoisotopic (exact) mass is 333 g/mol. The van der Waals surface area contributed by atoms with E-state index in [0.29, 0.717) is 18.3 Å². The standard InChI is InChI=1S/C15H19N5O2S/c21-14(18-15-19-17-11-23-15)16-8-13-10-20(6-7-22-13)9-12-4-2-1-3-5-12/h1-5,11,13H,6-10H2,(H2,16,18,19,21)/t13-/m1/s1. The maximum Gasteiger partial charge on any atom is 0.321 e. The summed E-state index contributed by atoms with van der Waals surface area (Å²) in [7, 11) is 0. The third-order valence-electron chi connectivity index (χ3n) is 3.54. The Morgan fingerprint density at radius 1 is 1.39 bits per heavy atom. The number of nitrogens with zero attached hydrogens (tertiary/aromatic N) is 3. The molecule has 0 radical (unpaired) electrons. The topological polar surface area (TPSA) is 79.4 Å². The van der Waals surface area contributed by atoms with Gasteiger partial charge in [0.05, 0.1) is 12.7 Å². The van der Waals surface area contributed by atoms with Crippen LogP contribution in [0.4, 0.5) is 9.93 Å². The van der Waals surface area contributed by atoms with Gasteiger partial charge in [-0.05, 0) is 5.56 Å². The number of carbonyl (C=O) groups excluding carboxylic acids is 1. The molecule has 2 amide bonds. The lowest BCUT2D eigenvalue weighted by Gasteiger charge is -2.33. The molecule has 0 saturated carbocycles. The number of rotatable bonds is 5. The summed E-state index contributed by atoms with van der Waals surface area (Å²) in [6, 6.07) is 10.1. The molecule has 7 nitrogen and oxygen atoms in total. The minimum absolute atomic E-state index is 0.00682. The summed E-state index contributed by atoms with van der Waals surface area (Å²) >= 11 is 1.28. The summed E-state index contributed by atoms with van der Waals surface area (Å²) in [6.07, 6.45) is -0.00682. The number of morpholine rings is 1. The van der Waals surface area contributed by atoms with Crippen molar-refractivity contribution in [3.8, 4) is 0 Å².